The minimum Gasteiger partial charge on any atom is -0.504 e. The average molecular weight is 434 g/mol. The number of rotatable bonds is 5. The summed E-state index contributed by atoms with van der Waals surface area (Å²) in [5.41, 5.74) is 1.93. The molecule has 0 spiro atoms. The van der Waals surface area contributed by atoms with Crippen LogP contribution in [0, 0.1) is 0 Å². The van der Waals surface area contributed by atoms with Crippen LogP contribution >= 0.6 is 0 Å². The lowest BCUT2D eigenvalue weighted by molar-refractivity contribution is 0.101. The zero-order valence-corrected chi connectivity index (χ0v) is 18.0. The molecule has 0 aliphatic carbocycles. The molecule has 0 saturated carbocycles. The van der Waals surface area contributed by atoms with Crippen molar-refractivity contribution >= 4 is 22.9 Å². The summed E-state index contributed by atoms with van der Waals surface area (Å²) < 4.78 is 7.74. The summed E-state index contributed by atoms with van der Waals surface area (Å²) in [6, 6.07) is 6.59. The van der Waals surface area contributed by atoms with Crippen LogP contribution in [0.2, 0.25) is 0 Å². The second-order valence-electron chi connectivity index (χ2n) is 8.40. The highest BCUT2D eigenvalue weighted by atomic mass is 16.5. The van der Waals surface area contributed by atoms with E-state index in [0.29, 0.717) is 0 Å². The summed E-state index contributed by atoms with van der Waals surface area (Å²) in [7, 11) is 2.16. The quantitative estimate of drug-likeness (QED) is 0.471. The maximum Gasteiger partial charge on any atom is 0.232 e. The number of pyridine rings is 1. The first-order chi connectivity index (χ1) is 15.5. The fourth-order valence-corrected chi connectivity index (χ4v) is 4.34. The van der Waals surface area contributed by atoms with Crippen LogP contribution in [0.4, 0.5) is 0 Å². The molecule has 4 heterocycles. The lowest BCUT2D eigenvalue weighted by atomic mass is 10.1. The number of Topliss-reactive ketones (excluding diaryl/α,β-unsaturated/α-hetero) is 1. The van der Waals surface area contributed by atoms with E-state index in [0.717, 1.165) is 62.3 Å². The molecular formula is C24H26N4O4. The highest BCUT2D eigenvalue weighted by molar-refractivity contribution is 6.15. The van der Waals surface area contributed by atoms with Gasteiger partial charge in [0, 0.05) is 56.1 Å². The molecule has 5 rings (SSSR count). The number of hydrogen-bond acceptors (Lipinski definition) is 7. The molecule has 32 heavy (non-hydrogen) atoms. The number of allylic oxidation sites excluding steroid dienone is 1. The first-order valence-electron chi connectivity index (χ1n) is 10.8. The largest absolute Gasteiger partial charge is 0.504 e. The van der Waals surface area contributed by atoms with Crippen LogP contribution in [0.15, 0.2) is 42.4 Å². The summed E-state index contributed by atoms with van der Waals surface area (Å²) >= 11 is 0. The Morgan fingerprint density at radius 1 is 1.12 bits per heavy atom. The number of benzene rings is 1. The van der Waals surface area contributed by atoms with E-state index >= 15 is 0 Å². The van der Waals surface area contributed by atoms with Gasteiger partial charge in [-0.3, -0.25) is 4.79 Å². The lowest BCUT2D eigenvalue weighted by Gasteiger charge is -2.32. The second-order valence-corrected chi connectivity index (χ2v) is 8.40. The molecule has 8 heteroatoms. The number of hydrogen-bond donors (Lipinski definition) is 2. The number of phenolic OH excluding ortho intramolecular Hbond substituents is 2. The van der Waals surface area contributed by atoms with E-state index in [1.54, 1.807) is 12.3 Å². The number of likely N-dealkylation sites (N-methyl/N-ethyl adjacent to an activating group) is 1. The minimum absolute atomic E-state index is 0.00436. The normalized spacial score (nSPS) is 18.4. The van der Waals surface area contributed by atoms with Crippen molar-refractivity contribution in [3.05, 3.63) is 53.5 Å². The van der Waals surface area contributed by atoms with Crippen LogP contribution in [0.3, 0.4) is 0 Å². The standard InChI is InChI=1S/C24H26N4O4/c1-26-10-12-27(13-11-26)8-3-9-28-15-16(17-4-2-7-25-24(17)28)14-20-21(30)18-5-6-19(29)22(31)23(18)32-20/h2,4-7,14-15,29,31H,3,8-13H2,1H3/b20-14-. The van der Waals surface area contributed by atoms with Gasteiger partial charge >= 0.3 is 0 Å². The molecule has 1 saturated heterocycles. The SMILES string of the molecule is CN1CCN(CCCn2cc(/C=C3\Oc4c(ccc(O)c4O)C3=O)c3cccnc32)CC1. The van der Waals surface area contributed by atoms with Gasteiger partial charge in [0.15, 0.2) is 17.3 Å². The van der Waals surface area contributed by atoms with Gasteiger partial charge < -0.3 is 29.3 Å². The Kier molecular flexibility index (Phi) is 5.32. The zero-order valence-electron chi connectivity index (χ0n) is 18.0. The Bertz CT molecular complexity index is 1210. The molecule has 2 aliphatic heterocycles. The molecular weight excluding hydrogens is 408 g/mol. The number of carbonyl (C=O) groups excluding carboxylic acids is 1. The van der Waals surface area contributed by atoms with Gasteiger partial charge in [0.25, 0.3) is 0 Å². The van der Waals surface area contributed by atoms with Gasteiger partial charge in [0.05, 0.1) is 5.56 Å². The van der Waals surface area contributed by atoms with E-state index in [1.807, 2.05) is 18.3 Å². The number of phenols is 2. The Morgan fingerprint density at radius 2 is 1.94 bits per heavy atom. The van der Waals surface area contributed by atoms with Crippen LogP contribution in [0.1, 0.15) is 22.3 Å². The zero-order chi connectivity index (χ0) is 22.2. The summed E-state index contributed by atoms with van der Waals surface area (Å²) in [4.78, 5) is 22.2. The molecule has 0 atom stereocenters. The van der Waals surface area contributed by atoms with Crippen LogP contribution in [-0.2, 0) is 6.54 Å². The maximum atomic E-state index is 12.8. The molecule has 2 N–H and O–H groups in total. The van der Waals surface area contributed by atoms with Crippen molar-refractivity contribution in [1.29, 1.82) is 0 Å². The number of ether oxygens (including phenoxy) is 1. The van der Waals surface area contributed by atoms with Crippen LogP contribution in [0.5, 0.6) is 17.2 Å². The van der Waals surface area contributed by atoms with Gasteiger partial charge in [0.2, 0.25) is 11.5 Å². The number of ketones is 1. The van der Waals surface area contributed by atoms with Crippen molar-refractivity contribution in [3.63, 3.8) is 0 Å². The highest BCUT2D eigenvalue weighted by Crippen LogP contribution is 2.44. The molecule has 166 valence electrons. The third-order valence-electron chi connectivity index (χ3n) is 6.21. The van der Waals surface area contributed by atoms with Crippen molar-refractivity contribution in [3.8, 4) is 17.2 Å². The molecule has 1 fully saturated rings. The van der Waals surface area contributed by atoms with Crippen LogP contribution in [0.25, 0.3) is 17.1 Å². The smallest absolute Gasteiger partial charge is 0.232 e. The lowest BCUT2D eigenvalue weighted by Crippen LogP contribution is -2.44. The number of fused-ring (bicyclic) bond motifs is 2. The molecule has 0 bridgehead atoms. The summed E-state index contributed by atoms with van der Waals surface area (Å²) in [6.45, 7) is 6.27. The van der Waals surface area contributed by atoms with Gasteiger partial charge in [-0.05, 0) is 50.4 Å². The molecule has 1 aromatic carbocycles. The second kappa shape index (κ2) is 8.29. The first kappa shape index (κ1) is 20.5. The molecule has 2 aliphatic rings. The van der Waals surface area contributed by atoms with Gasteiger partial charge in [-0.25, -0.2) is 4.98 Å². The maximum absolute atomic E-state index is 12.8. The fraction of sp³-hybridized carbons (Fsp3) is 0.333. The third-order valence-corrected chi connectivity index (χ3v) is 6.21. The number of piperazine rings is 1. The van der Waals surface area contributed by atoms with E-state index in [-0.39, 0.29) is 28.6 Å². The van der Waals surface area contributed by atoms with Crippen molar-refractivity contribution in [2.45, 2.75) is 13.0 Å². The number of aryl methyl sites for hydroxylation is 1. The van der Waals surface area contributed by atoms with E-state index in [1.165, 1.54) is 12.1 Å². The predicted molar refractivity (Wildman–Crippen MR) is 121 cm³/mol. The number of nitrogens with zero attached hydrogens (tertiary/aromatic N) is 4. The molecule has 8 nitrogen and oxygen atoms in total. The van der Waals surface area contributed by atoms with Crippen LogP contribution < -0.4 is 4.74 Å². The van der Waals surface area contributed by atoms with Crippen molar-refractivity contribution < 1.29 is 19.7 Å². The van der Waals surface area contributed by atoms with E-state index in [4.69, 9.17) is 4.74 Å². The third kappa shape index (κ3) is 3.72. The average Bonchev–Trinajstić information content (AvgIpc) is 3.31. The number of carbonyl (C=O) groups is 1. The highest BCUT2D eigenvalue weighted by Gasteiger charge is 2.31. The summed E-state index contributed by atoms with van der Waals surface area (Å²) in [5.74, 6) is -0.960. The fourth-order valence-electron chi connectivity index (χ4n) is 4.34. The van der Waals surface area contributed by atoms with Crippen molar-refractivity contribution in [1.82, 2.24) is 19.4 Å². The Labute approximate surface area is 186 Å². The van der Waals surface area contributed by atoms with Crippen molar-refractivity contribution in [2.24, 2.45) is 0 Å². The molecule has 3 aromatic rings. The van der Waals surface area contributed by atoms with Gasteiger partial charge in [-0.2, -0.15) is 0 Å². The Balaban J connectivity index is 1.37. The number of aromatic nitrogens is 2. The first-order valence-corrected chi connectivity index (χ1v) is 10.8. The molecule has 0 unspecified atom stereocenters. The van der Waals surface area contributed by atoms with E-state index in [2.05, 4.69) is 26.4 Å². The Morgan fingerprint density at radius 3 is 2.75 bits per heavy atom. The Hall–Kier alpha value is -3.36. The summed E-state index contributed by atoms with van der Waals surface area (Å²) in [6.07, 6.45) is 6.45. The van der Waals surface area contributed by atoms with E-state index in [9.17, 15) is 15.0 Å². The van der Waals surface area contributed by atoms with Gasteiger partial charge in [-0.1, -0.05) is 0 Å². The van der Waals surface area contributed by atoms with Gasteiger partial charge in [-0.15, -0.1) is 0 Å². The minimum atomic E-state index is -0.424. The molecule has 2 aromatic heterocycles. The summed E-state index contributed by atoms with van der Waals surface area (Å²) in [5, 5.41) is 20.7. The van der Waals surface area contributed by atoms with Crippen LogP contribution in [-0.4, -0.2) is 75.1 Å². The molecule has 0 radical (unpaired) electrons. The predicted octanol–water partition coefficient (Wildman–Crippen LogP) is 2.70. The number of aromatic hydroxyl groups is 2. The molecule has 0 amide bonds. The van der Waals surface area contributed by atoms with Crippen molar-refractivity contribution in [2.75, 3.05) is 39.8 Å². The topological polar surface area (TPSA) is 91.1 Å². The van der Waals surface area contributed by atoms with Gasteiger partial charge in [0.1, 0.15) is 5.65 Å². The van der Waals surface area contributed by atoms with E-state index < -0.39 is 5.75 Å². The monoisotopic (exact) mass is 434 g/mol.